The maximum atomic E-state index is 14.0. The molecule has 40 heavy (non-hydrogen) atoms. The lowest BCUT2D eigenvalue weighted by atomic mass is 9.83. The van der Waals surface area contributed by atoms with Crippen molar-refractivity contribution in [2.24, 2.45) is 0 Å². The van der Waals surface area contributed by atoms with E-state index in [1.807, 2.05) is 67.7 Å². The first-order chi connectivity index (χ1) is 19.4. The molecule has 196 valence electrons. The first kappa shape index (κ1) is 24.7. The molecule has 0 N–H and O–H groups in total. The molecule has 0 saturated carbocycles. The molecule has 5 aromatic carbocycles. The number of hydrogen-bond acceptors (Lipinski definition) is 3. The average Bonchev–Trinajstić information content (AvgIpc) is 3.43. The van der Waals surface area contributed by atoms with Crippen molar-refractivity contribution >= 4 is 31.7 Å². The second-order valence-corrected chi connectivity index (χ2v) is 12.5. The molecule has 1 aliphatic rings. The van der Waals surface area contributed by atoms with Crippen LogP contribution in [0.3, 0.4) is 0 Å². The Kier molecular flexibility index (Phi) is 5.81. The summed E-state index contributed by atoms with van der Waals surface area (Å²) < 4.78 is 29.6. The van der Waals surface area contributed by atoms with Gasteiger partial charge in [0, 0.05) is 35.4 Å². The predicted molar refractivity (Wildman–Crippen MR) is 162 cm³/mol. The maximum absolute atomic E-state index is 14.0. The van der Waals surface area contributed by atoms with Gasteiger partial charge >= 0.3 is 0 Å². The zero-order valence-electron chi connectivity index (χ0n) is 22.4. The molecule has 0 bridgehead atoms. The lowest BCUT2D eigenvalue weighted by molar-refractivity contribution is 0.432. The SMILES string of the molecule is Cc1ccc(S(=O)(=O)N2Cc3c(c(-c4ccccc4)c4c(cnc5ccccc54)c3-c3ccccc3C)C2)cc1. The molecule has 0 spiro atoms. The zero-order valence-corrected chi connectivity index (χ0v) is 23.2. The van der Waals surface area contributed by atoms with E-state index in [4.69, 9.17) is 4.98 Å². The molecular weight excluding hydrogens is 512 g/mol. The molecule has 0 saturated heterocycles. The van der Waals surface area contributed by atoms with E-state index in [0.29, 0.717) is 18.0 Å². The molecule has 0 unspecified atom stereocenters. The van der Waals surface area contributed by atoms with E-state index >= 15 is 0 Å². The van der Waals surface area contributed by atoms with Crippen molar-refractivity contribution in [3.63, 3.8) is 0 Å². The normalized spacial score (nSPS) is 13.7. The zero-order chi connectivity index (χ0) is 27.4. The average molecular weight is 541 g/mol. The van der Waals surface area contributed by atoms with Gasteiger partial charge in [0.15, 0.2) is 0 Å². The van der Waals surface area contributed by atoms with E-state index in [2.05, 4.69) is 43.3 Å². The first-order valence-electron chi connectivity index (χ1n) is 13.5. The lowest BCUT2D eigenvalue weighted by Crippen LogP contribution is -2.25. The van der Waals surface area contributed by atoms with Crippen LogP contribution < -0.4 is 0 Å². The second kappa shape index (κ2) is 9.40. The molecule has 0 aliphatic carbocycles. The number of benzene rings is 5. The van der Waals surface area contributed by atoms with Crippen LogP contribution in [0.4, 0.5) is 0 Å². The third-order valence-electron chi connectivity index (χ3n) is 8.07. The van der Waals surface area contributed by atoms with Gasteiger partial charge in [0.1, 0.15) is 0 Å². The number of pyridine rings is 1. The monoisotopic (exact) mass is 540 g/mol. The van der Waals surface area contributed by atoms with E-state index in [0.717, 1.165) is 66.2 Å². The van der Waals surface area contributed by atoms with Gasteiger partial charge in [-0.2, -0.15) is 4.31 Å². The number of rotatable bonds is 4. The standard InChI is InChI=1S/C35H28N2O2S/c1-23-16-18-26(19-17-23)40(38,39)37-21-30-31(22-37)34(27-13-7-6-10-24(27)2)29-20-36-32-15-9-8-14-28(32)35(29)33(30)25-11-4-3-5-12-25/h3-20H,21-22H2,1-2H3. The number of fused-ring (bicyclic) bond motifs is 4. The number of sulfonamides is 1. The van der Waals surface area contributed by atoms with Gasteiger partial charge in [0.05, 0.1) is 10.4 Å². The molecular formula is C35H28N2O2S. The summed E-state index contributed by atoms with van der Waals surface area (Å²) in [4.78, 5) is 5.20. The summed E-state index contributed by atoms with van der Waals surface area (Å²) in [6.07, 6.45) is 1.98. The third kappa shape index (κ3) is 3.85. The molecule has 4 nitrogen and oxygen atoms in total. The van der Waals surface area contributed by atoms with Crippen molar-refractivity contribution < 1.29 is 8.42 Å². The molecule has 7 rings (SSSR count). The summed E-state index contributed by atoms with van der Waals surface area (Å²) in [5.74, 6) is 0. The van der Waals surface area contributed by atoms with E-state index in [1.165, 1.54) is 0 Å². The van der Waals surface area contributed by atoms with Crippen LogP contribution in [0, 0.1) is 13.8 Å². The Labute approximate surface area is 234 Å². The van der Waals surface area contributed by atoms with Gasteiger partial charge in [0.2, 0.25) is 10.0 Å². The van der Waals surface area contributed by atoms with Crippen molar-refractivity contribution in [1.29, 1.82) is 0 Å². The fraction of sp³-hybridized carbons (Fsp3) is 0.114. The van der Waals surface area contributed by atoms with Crippen molar-refractivity contribution in [3.8, 4) is 22.3 Å². The van der Waals surface area contributed by atoms with E-state index in [-0.39, 0.29) is 0 Å². The molecule has 6 aromatic rings. The Hall–Kier alpha value is -4.32. The minimum absolute atomic E-state index is 0.303. The van der Waals surface area contributed by atoms with Crippen molar-refractivity contribution in [2.75, 3.05) is 0 Å². The van der Waals surface area contributed by atoms with Crippen LogP contribution in [0.2, 0.25) is 0 Å². The smallest absolute Gasteiger partial charge is 0.243 e. The maximum Gasteiger partial charge on any atom is 0.243 e. The molecule has 5 heteroatoms. The Bertz CT molecular complexity index is 2030. The van der Waals surface area contributed by atoms with Crippen LogP contribution in [0.15, 0.2) is 114 Å². The first-order valence-corrected chi connectivity index (χ1v) is 14.9. The van der Waals surface area contributed by atoms with Gasteiger partial charge in [-0.1, -0.05) is 90.5 Å². The Morgan fingerprint density at radius 1 is 0.675 bits per heavy atom. The van der Waals surface area contributed by atoms with Gasteiger partial charge in [-0.15, -0.1) is 0 Å². The van der Waals surface area contributed by atoms with E-state index in [1.54, 1.807) is 16.4 Å². The summed E-state index contributed by atoms with van der Waals surface area (Å²) in [7, 11) is -3.72. The number of hydrogen-bond donors (Lipinski definition) is 0. The molecule has 2 heterocycles. The molecule has 1 aromatic heterocycles. The Balaban J connectivity index is 1.59. The van der Waals surface area contributed by atoms with E-state index < -0.39 is 10.0 Å². The number of aromatic nitrogens is 1. The van der Waals surface area contributed by atoms with Gasteiger partial charge in [-0.05, 0) is 71.0 Å². The number of para-hydroxylation sites is 1. The fourth-order valence-electron chi connectivity index (χ4n) is 6.09. The molecule has 1 aliphatic heterocycles. The summed E-state index contributed by atoms with van der Waals surface area (Å²) in [5.41, 5.74) is 9.54. The summed E-state index contributed by atoms with van der Waals surface area (Å²) >= 11 is 0. The Morgan fingerprint density at radius 2 is 1.32 bits per heavy atom. The van der Waals surface area contributed by atoms with Crippen LogP contribution in [0.1, 0.15) is 22.3 Å². The summed E-state index contributed by atoms with van der Waals surface area (Å²) in [6.45, 7) is 4.69. The van der Waals surface area contributed by atoms with Crippen LogP contribution in [0.25, 0.3) is 43.9 Å². The molecule has 0 radical (unpaired) electrons. The Morgan fingerprint density at radius 3 is 2.08 bits per heavy atom. The molecule has 0 amide bonds. The van der Waals surface area contributed by atoms with Crippen LogP contribution >= 0.6 is 0 Å². The topological polar surface area (TPSA) is 50.3 Å². The quantitative estimate of drug-likeness (QED) is 0.213. The second-order valence-electron chi connectivity index (χ2n) is 10.5. The number of nitrogens with zero attached hydrogens (tertiary/aromatic N) is 2. The van der Waals surface area contributed by atoms with E-state index in [9.17, 15) is 8.42 Å². The van der Waals surface area contributed by atoms with Gasteiger partial charge in [0.25, 0.3) is 0 Å². The summed E-state index contributed by atoms with van der Waals surface area (Å²) in [6, 6.07) is 34.0. The minimum atomic E-state index is -3.72. The van der Waals surface area contributed by atoms with Crippen molar-refractivity contribution in [1.82, 2.24) is 9.29 Å². The van der Waals surface area contributed by atoms with Crippen LogP contribution in [-0.2, 0) is 23.1 Å². The van der Waals surface area contributed by atoms with Crippen molar-refractivity contribution in [2.45, 2.75) is 31.8 Å². The third-order valence-corrected chi connectivity index (χ3v) is 9.87. The highest BCUT2D eigenvalue weighted by molar-refractivity contribution is 7.89. The molecule has 0 atom stereocenters. The highest BCUT2D eigenvalue weighted by Crippen LogP contribution is 2.48. The molecule has 0 fully saturated rings. The van der Waals surface area contributed by atoms with Crippen molar-refractivity contribution in [3.05, 3.63) is 132 Å². The number of aryl methyl sites for hydroxylation is 2. The predicted octanol–water partition coefficient (Wildman–Crippen LogP) is 8.04. The summed E-state index contributed by atoms with van der Waals surface area (Å²) in [5, 5.41) is 3.22. The van der Waals surface area contributed by atoms with Gasteiger partial charge in [-0.3, -0.25) is 4.98 Å². The largest absolute Gasteiger partial charge is 0.256 e. The highest BCUT2D eigenvalue weighted by Gasteiger charge is 2.36. The highest BCUT2D eigenvalue weighted by atomic mass is 32.2. The minimum Gasteiger partial charge on any atom is -0.256 e. The fourth-order valence-corrected chi connectivity index (χ4v) is 7.46. The van der Waals surface area contributed by atoms with Crippen LogP contribution in [-0.4, -0.2) is 17.7 Å². The van der Waals surface area contributed by atoms with Crippen LogP contribution in [0.5, 0.6) is 0 Å². The van der Waals surface area contributed by atoms with Gasteiger partial charge in [-0.25, -0.2) is 8.42 Å². The van der Waals surface area contributed by atoms with Gasteiger partial charge < -0.3 is 0 Å². The lowest BCUT2D eigenvalue weighted by Gasteiger charge is -2.20.